The molecule has 6 heteroatoms. The van der Waals surface area contributed by atoms with Gasteiger partial charge in [-0.2, -0.15) is 0 Å². The van der Waals surface area contributed by atoms with E-state index < -0.39 is 9.84 Å². The molecule has 1 aliphatic rings. The first-order chi connectivity index (χ1) is 8.47. The van der Waals surface area contributed by atoms with Gasteiger partial charge in [-0.15, -0.1) is 0 Å². The third kappa shape index (κ3) is 3.36. The lowest BCUT2D eigenvalue weighted by atomic mass is 9.97. The molecule has 1 fully saturated rings. The topological polar surface area (TPSA) is 56.3 Å². The summed E-state index contributed by atoms with van der Waals surface area (Å²) in [4.78, 5) is 3.93. The fraction of sp³-hybridized carbons (Fsp3) is 0.583. The van der Waals surface area contributed by atoms with Crippen LogP contribution in [0.1, 0.15) is 25.7 Å². The van der Waals surface area contributed by atoms with E-state index in [9.17, 15) is 8.42 Å². The van der Waals surface area contributed by atoms with Crippen molar-refractivity contribution in [3.8, 4) is 5.75 Å². The summed E-state index contributed by atoms with van der Waals surface area (Å²) in [6.07, 6.45) is 5.76. The first-order valence-corrected chi connectivity index (χ1v) is 8.26. The Morgan fingerprint density at radius 3 is 2.89 bits per heavy atom. The monoisotopic (exact) mass is 289 g/mol. The van der Waals surface area contributed by atoms with Crippen LogP contribution in [0.3, 0.4) is 0 Å². The highest BCUT2D eigenvalue weighted by atomic mass is 35.5. The molecule has 0 amide bonds. The molecule has 2 rings (SSSR count). The average Bonchev–Trinajstić information content (AvgIpc) is 2.31. The second-order valence-corrected chi connectivity index (χ2v) is 7.33. The first-order valence-electron chi connectivity index (χ1n) is 5.93. The predicted molar refractivity (Wildman–Crippen MR) is 70.8 cm³/mol. The van der Waals surface area contributed by atoms with E-state index in [2.05, 4.69) is 4.98 Å². The van der Waals surface area contributed by atoms with Crippen LogP contribution in [0.4, 0.5) is 0 Å². The van der Waals surface area contributed by atoms with E-state index >= 15 is 0 Å². The van der Waals surface area contributed by atoms with E-state index in [4.69, 9.17) is 16.3 Å². The maximum Gasteiger partial charge on any atom is 0.171 e. The zero-order valence-corrected chi connectivity index (χ0v) is 11.7. The third-order valence-electron chi connectivity index (χ3n) is 3.20. The minimum atomic E-state index is -2.99. The van der Waals surface area contributed by atoms with Crippen molar-refractivity contribution in [2.45, 2.75) is 37.0 Å². The maximum atomic E-state index is 11.6. The van der Waals surface area contributed by atoms with Crippen LogP contribution in [0, 0.1) is 0 Å². The summed E-state index contributed by atoms with van der Waals surface area (Å²) in [6.45, 7) is 0. The summed E-state index contributed by atoms with van der Waals surface area (Å²) in [5.74, 6) is 0.526. The van der Waals surface area contributed by atoms with Crippen LogP contribution in [-0.4, -0.2) is 31.0 Å². The Morgan fingerprint density at radius 1 is 1.44 bits per heavy atom. The van der Waals surface area contributed by atoms with Crippen molar-refractivity contribution < 1.29 is 13.2 Å². The molecule has 2 unspecified atom stereocenters. The molecule has 1 saturated carbocycles. The predicted octanol–water partition coefficient (Wildman–Crippen LogP) is 2.47. The van der Waals surface area contributed by atoms with Gasteiger partial charge in [0.05, 0.1) is 5.25 Å². The minimum Gasteiger partial charge on any atom is -0.487 e. The lowest BCUT2D eigenvalue weighted by Crippen LogP contribution is -2.33. The molecule has 1 aromatic heterocycles. The number of halogens is 1. The first kappa shape index (κ1) is 13.6. The number of hydrogen-bond donors (Lipinski definition) is 0. The van der Waals surface area contributed by atoms with Gasteiger partial charge in [-0.1, -0.05) is 11.6 Å². The second kappa shape index (κ2) is 5.45. The number of rotatable bonds is 3. The molecule has 1 heterocycles. The molecule has 18 heavy (non-hydrogen) atoms. The third-order valence-corrected chi connectivity index (χ3v) is 5.12. The van der Waals surface area contributed by atoms with Gasteiger partial charge < -0.3 is 4.74 Å². The fourth-order valence-corrected chi connectivity index (χ4v) is 3.56. The standard InChI is InChI=1S/C12H16ClNO3S/c1-18(15,16)10-5-2-4-9(8-10)17-11-6-3-7-14-12(11)13/h3,6-7,9-10H,2,4-5,8H2,1H3. The van der Waals surface area contributed by atoms with Crippen molar-refractivity contribution in [2.24, 2.45) is 0 Å². The van der Waals surface area contributed by atoms with Crippen LogP contribution in [0.2, 0.25) is 5.15 Å². The van der Waals surface area contributed by atoms with Gasteiger partial charge in [-0.25, -0.2) is 13.4 Å². The zero-order chi connectivity index (χ0) is 13.2. The molecule has 1 aromatic rings. The highest BCUT2D eigenvalue weighted by Gasteiger charge is 2.30. The van der Waals surface area contributed by atoms with Crippen LogP contribution in [-0.2, 0) is 9.84 Å². The lowest BCUT2D eigenvalue weighted by Gasteiger charge is -2.28. The Morgan fingerprint density at radius 2 is 2.22 bits per heavy atom. The highest BCUT2D eigenvalue weighted by Crippen LogP contribution is 2.29. The molecule has 4 nitrogen and oxygen atoms in total. The summed E-state index contributed by atoms with van der Waals surface area (Å²) >= 11 is 5.92. The SMILES string of the molecule is CS(=O)(=O)C1CCCC(Oc2cccnc2Cl)C1. The van der Waals surface area contributed by atoms with Gasteiger partial charge in [-0.3, -0.25) is 0 Å². The number of sulfone groups is 1. The summed E-state index contributed by atoms with van der Waals surface area (Å²) in [7, 11) is -2.99. The van der Waals surface area contributed by atoms with Crippen LogP contribution in [0.25, 0.3) is 0 Å². The van der Waals surface area contributed by atoms with Crippen LogP contribution in [0.15, 0.2) is 18.3 Å². The molecule has 0 N–H and O–H groups in total. The van der Waals surface area contributed by atoms with Crippen LogP contribution in [0.5, 0.6) is 5.75 Å². The molecule has 0 aliphatic heterocycles. The lowest BCUT2D eigenvalue weighted by molar-refractivity contribution is 0.156. The smallest absolute Gasteiger partial charge is 0.171 e. The Kier molecular flexibility index (Phi) is 4.12. The largest absolute Gasteiger partial charge is 0.487 e. The van der Waals surface area contributed by atoms with Crippen molar-refractivity contribution in [3.05, 3.63) is 23.5 Å². The zero-order valence-electron chi connectivity index (χ0n) is 10.2. The maximum absolute atomic E-state index is 11.6. The molecule has 0 bridgehead atoms. The number of aromatic nitrogens is 1. The summed E-state index contributed by atoms with van der Waals surface area (Å²) in [5.41, 5.74) is 0. The normalized spacial score (nSPS) is 24.8. The Balaban J connectivity index is 2.05. The molecule has 0 radical (unpaired) electrons. The van der Waals surface area contributed by atoms with E-state index in [1.54, 1.807) is 18.3 Å². The number of ether oxygens (including phenoxy) is 1. The molecule has 100 valence electrons. The quantitative estimate of drug-likeness (QED) is 0.802. The van der Waals surface area contributed by atoms with Crippen molar-refractivity contribution in [1.29, 1.82) is 0 Å². The Hall–Kier alpha value is -0.810. The van der Waals surface area contributed by atoms with Gasteiger partial charge >= 0.3 is 0 Å². The summed E-state index contributed by atoms with van der Waals surface area (Å²) in [6, 6.07) is 3.50. The van der Waals surface area contributed by atoms with E-state index in [0.29, 0.717) is 17.3 Å². The van der Waals surface area contributed by atoms with Crippen LogP contribution < -0.4 is 4.74 Å². The van der Waals surface area contributed by atoms with E-state index in [1.165, 1.54) is 6.26 Å². The number of nitrogens with zero attached hydrogens (tertiary/aromatic N) is 1. The van der Waals surface area contributed by atoms with E-state index in [1.807, 2.05) is 0 Å². The molecular weight excluding hydrogens is 274 g/mol. The van der Waals surface area contributed by atoms with E-state index in [0.717, 1.165) is 19.3 Å². The molecule has 1 aliphatic carbocycles. The van der Waals surface area contributed by atoms with Crippen molar-refractivity contribution in [1.82, 2.24) is 4.98 Å². The molecule has 0 spiro atoms. The number of hydrogen-bond acceptors (Lipinski definition) is 4. The second-order valence-electron chi connectivity index (χ2n) is 4.65. The van der Waals surface area contributed by atoms with Crippen molar-refractivity contribution in [2.75, 3.05) is 6.26 Å². The van der Waals surface area contributed by atoms with E-state index in [-0.39, 0.29) is 11.4 Å². The van der Waals surface area contributed by atoms with Gasteiger partial charge in [0.25, 0.3) is 0 Å². The number of pyridine rings is 1. The minimum absolute atomic E-state index is 0.0971. The fourth-order valence-electron chi connectivity index (χ4n) is 2.24. The van der Waals surface area contributed by atoms with Gasteiger partial charge in [0.15, 0.2) is 10.9 Å². The van der Waals surface area contributed by atoms with Gasteiger partial charge in [0.1, 0.15) is 15.9 Å². The molecular formula is C12H16ClNO3S. The molecule has 0 saturated heterocycles. The van der Waals surface area contributed by atoms with Gasteiger partial charge in [-0.05, 0) is 31.4 Å². The molecule has 0 aromatic carbocycles. The Bertz CT molecular complexity index is 518. The molecule has 2 atom stereocenters. The van der Waals surface area contributed by atoms with Crippen molar-refractivity contribution in [3.63, 3.8) is 0 Å². The van der Waals surface area contributed by atoms with Gasteiger partial charge in [0, 0.05) is 18.9 Å². The average molecular weight is 290 g/mol. The highest BCUT2D eigenvalue weighted by molar-refractivity contribution is 7.91. The van der Waals surface area contributed by atoms with Crippen molar-refractivity contribution >= 4 is 21.4 Å². The van der Waals surface area contributed by atoms with Crippen LogP contribution >= 0.6 is 11.6 Å². The Labute approximate surface area is 112 Å². The summed E-state index contributed by atoms with van der Waals surface area (Å²) < 4.78 is 28.9. The van der Waals surface area contributed by atoms with Gasteiger partial charge in [0.2, 0.25) is 0 Å². The summed E-state index contributed by atoms with van der Waals surface area (Å²) in [5, 5.41) is 0.0191.